The van der Waals surface area contributed by atoms with E-state index in [1.807, 2.05) is 12.3 Å². The van der Waals surface area contributed by atoms with Gasteiger partial charge in [0, 0.05) is 5.56 Å². The SMILES string of the molecule is CCOC(=O)N[C@H]1CCc2cc(O)c(OC)c(OC)c2-c2ccc(SC)c(=O)cc21. The molecule has 1 amide bonds. The Morgan fingerprint density at radius 3 is 2.60 bits per heavy atom. The maximum atomic E-state index is 12.8. The smallest absolute Gasteiger partial charge is 0.407 e. The van der Waals surface area contributed by atoms with Crippen LogP contribution in [0.2, 0.25) is 0 Å². The Kier molecular flexibility index (Phi) is 6.77. The first-order valence-electron chi connectivity index (χ1n) is 9.57. The average Bonchev–Trinajstić information content (AvgIpc) is 2.96. The highest BCUT2D eigenvalue weighted by Crippen LogP contribution is 2.49. The summed E-state index contributed by atoms with van der Waals surface area (Å²) in [6.07, 6.45) is 2.36. The second kappa shape index (κ2) is 9.30. The standard InChI is InChI=1S/C22H25NO6S/c1-5-29-22(26)23-15-8-6-12-10-17(25)20(27-2)21(28-3)19(12)13-7-9-18(30-4)16(24)11-14(13)15/h7,9-11,15,25H,5-6,8H2,1-4H3,(H,23,26)/t15-/m0/s1. The fourth-order valence-corrected chi connectivity index (χ4v) is 4.26. The molecule has 30 heavy (non-hydrogen) atoms. The van der Waals surface area contributed by atoms with Crippen LogP contribution in [0.3, 0.4) is 0 Å². The normalized spacial score (nSPS) is 14.7. The number of carbonyl (C=O) groups is 1. The molecule has 0 unspecified atom stereocenters. The van der Waals surface area contributed by atoms with Gasteiger partial charge in [0.15, 0.2) is 16.9 Å². The van der Waals surface area contributed by atoms with E-state index in [9.17, 15) is 14.7 Å². The second-order valence-electron chi connectivity index (χ2n) is 6.73. The lowest BCUT2D eigenvalue weighted by Crippen LogP contribution is -2.29. The molecule has 1 aliphatic carbocycles. The summed E-state index contributed by atoms with van der Waals surface area (Å²) in [7, 11) is 2.96. The predicted octanol–water partition coefficient (Wildman–Crippen LogP) is 3.89. The van der Waals surface area contributed by atoms with Gasteiger partial charge < -0.3 is 24.6 Å². The van der Waals surface area contributed by atoms with Gasteiger partial charge >= 0.3 is 6.09 Å². The molecule has 2 aromatic carbocycles. The summed E-state index contributed by atoms with van der Waals surface area (Å²) in [6, 6.07) is 6.38. The minimum Gasteiger partial charge on any atom is -0.504 e. The fraction of sp³-hybridized carbons (Fsp3) is 0.364. The Morgan fingerprint density at radius 1 is 1.23 bits per heavy atom. The van der Waals surface area contributed by atoms with Gasteiger partial charge in [0.05, 0.1) is 31.8 Å². The van der Waals surface area contributed by atoms with Crippen LogP contribution in [-0.4, -0.2) is 38.3 Å². The van der Waals surface area contributed by atoms with E-state index in [4.69, 9.17) is 14.2 Å². The fourth-order valence-electron chi connectivity index (χ4n) is 3.80. The molecule has 0 radical (unpaired) electrons. The van der Waals surface area contributed by atoms with Crippen LogP contribution < -0.4 is 20.2 Å². The molecule has 0 aliphatic heterocycles. The molecule has 0 heterocycles. The number of hydrogen-bond donors (Lipinski definition) is 2. The zero-order chi connectivity index (χ0) is 21.8. The van der Waals surface area contributed by atoms with Gasteiger partial charge in [-0.2, -0.15) is 0 Å². The summed E-state index contributed by atoms with van der Waals surface area (Å²) in [5.74, 6) is 0.578. The highest BCUT2D eigenvalue weighted by atomic mass is 32.2. The number of alkyl carbamates (subject to hydrolysis) is 1. The third-order valence-electron chi connectivity index (χ3n) is 5.08. The molecule has 2 aromatic rings. The Bertz CT molecular complexity index is 1020. The summed E-state index contributed by atoms with van der Waals surface area (Å²) in [5, 5.41) is 13.3. The zero-order valence-corrected chi connectivity index (χ0v) is 18.2. The Morgan fingerprint density at radius 2 is 1.97 bits per heavy atom. The molecule has 7 nitrogen and oxygen atoms in total. The lowest BCUT2D eigenvalue weighted by Gasteiger charge is -2.19. The van der Waals surface area contributed by atoms with E-state index in [0.29, 0.717) is 29.1 Å². The van der Waals surface area contributed by atoms with Crippen molar-refractivity contribution in [3.05, 3.63) is 45.6 Å². The molecular weight excluding hydrogens is 406 g/mol. The summed E-state index contributed by atoms with van der Waals surface area (Å²) >= 11 is 1.36. The van der Waals surface area contributed by atoms with Crippen molar-refractivity contribution in [3.8, 4) is 28.4 Å². The van der Waals surface area contributed by atoms with Crippen molar-refractivity contribution in [3.63, 3.8) is 0 Å². The topological polar surface area (TPSA) is 94.1 Å². The largest absolute Gasteiger partial charge is 0.504 e. The van der Waals surface area contributed by atoms with Crippen LogP contribution in [0.25, 0.3) is 11.1 Å². The van der Waals surface area contributed by atoms with E-state index in [-0.39, 0.29) is 23.5 Å². The number of thioether (sulfide) groups is 1. The second-order valence-corrected chi connectivity index (χ2v) is 7.58. The number of fused-ring (bicyclic) bond motifs is 3. The number of phenolic OH excluding ortho intramolecular Hbond substituents is 1. The number of aromatic hydroxyl groups is 1. The highest BCUT2D eigenvalue weighted by Gasteiger charge is 2.29. The van der Waals surface area contributed by atoms with Crippen molar-refractivity contribution < 1.29 is 24.1 Å². The average molecular weight is 432 g/mol. The van der Waals surface area contributed by atoms with E-state index >= 15 is 0 Å². The Balaban J connectivity index is 2.32. The van der Waals surface area contributed by atoms with Crippen LogP contribution in [0.5, 0.6) is 17.2 Å². The summed E-state index contributed by atoms with van der Waals surface area (Å²) in [6.45, 7) is 1.98. The zero-order valence-electron chi connectivity index (χ0n) is 17.4. The quantitative estimate of drug-likeness (QED) is 0.694. The summed E-state index contributed by atoms with van der Waals surface area (Å²) in [5.41, 5.74) is 2.84. The molecule has 0 aromatic heterocycles. The molecule has 160 valence electrons. The van der Waals surface area contributed by atoms with Crippen LogP contribution in [0, 0.1) is 0 Å². The lowest BCUT2D eigenvalue weighted by atomic mass is 9.95. The summed E-state index contributed by atoms with van der Waals surface area (Å²) < 4.78 is 16.1. The number of nitrogens with one attached hydrogen (secondary N) is 1. The minimum absolute atomic E-state index is 0.0268. The van der Waals surface area contributed by atoms with Gasteiger partial charge in [-0.3, -0.25) is 4.79 Å². The van der Waals surface area contributed by atoms with Crippen LogP contribution in [0.1, 0.15) is 30.5 Å². The molecule has 1 aliphatic rings. The molecule has 8 heteroatoms. The van der Waals surface area contributed by atoms with Crippen molar-refractivity contribution in [1.29, 1.82) is 0 Å². The number of carbonyl (C=O) groups excluding carboxylic acids is 1. The summed E-state index contributed by atoms with van der Waals surface area (Å²) in [4.78, 5) is 25.5. The number of ether oxygens (including phenoxy) is 3. The molecule has 3 rings (SSSR count). The lowest BCUT2D eigenvalue weighted by molar-refractivity contribution is 0.147. The Labute approximate surface area is 179 Å². The molecule has 0 spiro atoms. The maximum absolute atomic E-state index is 12.8. The first kappa shape index (κ1) is 21.8. The first-order chi connectivity index (χ1) is 14.4. The van der Waals surface area contributed by atoms with Gasteiger partial charge in [-0.1, -0.05) is 6.07 Å². The van der Waals surface area contributed by atoms with Crippen molar-refractivity contribution in [2.45, 2.75) is 30.7 Å². The number of benzene rings is 1. The highest BCUT2D eigenvalue weighted by molar-refractivity contribution is 7.98. The van der Waals surface area contributed by atoms with Gasteiger partial charge in [0.2, 0.25) is 5.75 Å². The van der Waals surface area contributed by atoms with E-state index in [0.717, 1.165) is 16.7 Å². The number of rotatable bonds is 5. The van der Waals surface area contributed by atoms with Gasteiger partial charge in [-0.15, -0.1) is 11.8 Å². The van der Waals surface area contributed by atoms with E-state index in [1.54, 1.807) is 25.1 Å². The van der Waals surface area contributed by atoms with Gasteiger partial charge in [0.1, 0.15) is 0 Å². The molecule has 0 fully saturated rings. The number of aryl methyl sites for hydroxylation is 1. The molecule has 1 atom stereocenters. The van der Waals surface area contributed by atoms with E-state index in [2.05, 4.69) is 5.32 Å². The van der Waals surface area contributed by atoms with Crippen molar-refractivity contribution in [2.75, 3.05) is 27.1 Å². The molecular formula is C22H25NO6S. The van der Waals surface area contributed by atoms with Gasteiger partial charge in [-0.25, -0.2) is 4.79 Å². The number of hydrogen-bond acceptors (Lipinski definition) is 7. The number of amides is 1. The number of phenols is 1. The van der Waals surface area contributed by atoms with Crippen LogP contribution in [-0.2, 0) is 11.2 Å². The monoisotopic (exact) mass is 431 g/mol. The van der Waals surface area contributed by atoms with Crippen LogP contribution in [0.15, 0.2) is 34.0 Å². The molecule has 0 saturated heterocycles. The Hall–Kier alpha value is -2.87. The van der Waals surface area contributed by atoms with E-state index < -0.39 is 12.1 Å². The molecule has 2 N–H and O–H groups in total. The van der Waals surface area contributed by atoms with Crippen LogP contribution in [0.4, 0.5) is 4.79 Å². The van der Waals surface area contributed by atoms with Crippen molar-refractivity contribution in [2.24, 2.45) is 0 Å². The minimum atomic E-state index is -0.546. The van der Waals surface area contributed by atoms with Crippen molar-refractivity contribution in [1.82, 2.24) is 5.32 Å². The maximum Gasteiger partial charge on any atom is 0.407 e. The van der Waals surface area contributed by atoms with Crippen molar-refractivity contribution >= 4 is 17.9 Å². The van der Waals surface area contributed by atoms with E-state index in [1.165, 1.54) is 26.0 Å². The number of methoxy groups -OCH3 is 2. The first-order valence-corrected chi connectivity index (χ1v) is 10.8. The predicted molar refractivity (Wildman–Crippen MR) is 116 cm³/mol. The molecule has 0 bridgehead atoms. The van der Waals surface area contributed by atoms with Crippen LogP contribution >= 0.6 is 11.8 Å². The third-order valence-corrected chi connectivity index (χ3v) is 5.86. The van der Waals surface area contributed by atoms with Gasteiger partial charge in [0.25, 0.3) is 0 Å². The molecule has 0 saturated carbocycles. The van der Waals surface area contributed by atoms with Gasteiger partial charge in [-0.05, 0) is 60.9 Å². The third kappa shape index (κ3) is 4.05.